The van der Waals surface area contributed by atoms with E-state index in [1.54, 1.807) is 0 Å². The zero-order chi connectivity index (χ0) is 13.1. The smallest absolute Gasteiger partial charge is 0.123 e. The molecule has 0 N–H and O–H groups in total. The number of rotatable bonds is 4. The highest BCUT2D eigenvalue weighted by Gasteiger charge is 2.41. The van der Waals surface area contributed by atoms with Crippen LogP contribution >= 0.6 is 11.6 Å². The van der Waals surface area contributed by atoms with Crippen LogP contribution in [0.3, 0.4) is 0 Å². The Balaban J connectivity index is 2.09. The van der Waals surface area contributed by atoms with Crippen LogP contribution in [0, 0.1) is 0 Å². The topological polar surface area (TPSA) is 9.23 Å². The van der Waals surface area contributed by atoms with Crippen molar-refractivity contribution in [2.24, 2.45) is 0 Å². The molecule has 19 heavy (non-hydrogen) atoms. The molecule has 0 bridgehead atoms. The summed E-state index contributed by atoms with van der Waals surface area (Å²) >= 11 is 5.92. The van der Waals surface area contributed by atoms with Gasteiger partial charge in [0.05, 0.1) is 5.41 Å². The van der Waals surface area contributed by atoms with Crippen molar-refractivity contribution < 1.29 is 4.74 Å². The Hall–Kier alpha value is -1.47. The lowest BCUT2D eigenvalue weighted by Gasteiger charge is -2.28. The molecule has 1 atom stereocenters. The quantitative estimate of drug-likeness (QED) is 0.751. The molecule has 2 aromatic carbocycles. The minimum absolute atomic E-state index is 0.0350. The zero-order valence-corrected chi connectivity index (χ0v) is 11.6. The Morgan fingerprint density at radius 3 is 2.53 bits per heavy atom. The van der Waals surface area contributed by atoms with Gasteiger partial charge in [0, 0.05) is 11.4 Å². The van der Waals surface area contributed by atoms with Gasteiger partial charge < -0.3 is 4.74 Å². The molecule has 1 nitrogen and oxygen atoms in total. The molecule has 0 saturated carbocycles. The lowest BCUT2D eigenvalue weighted by Crippen LogP contribution is -2.29. The molecule has 0 aromatic heterocycles. The van der Waals surface area contributed by atoms with Gasteiger partial charge in [0.15, 0.2) is 0 Å². The summed E-state index contributed by atoms with van der Waals surface area (Å²) in [6.45, 7) is 0.716. The fourth-order valence-electron chi connectivity index (χ4n) is 2.98. The van der Waals surface area contributed by atoms with Crippen molar-refractivity contribution in [3.8, 4) is 5.75 Å². The minimum atomic E-state index is -0.0350. The van der Waals surface area contributed by atoms with Crippen LogP contribution in [0.4, 0.5) is 0 Å². The average molecular weight is 273 g/mol. The van der Waals surface area contributed by atoms with Crippen LogP contribution in [0.5, 0.6) is 5.75 Å². The van der Waals surface area contributed by atoms with Crippen molar-refractivity contribution >= 4 is 11.6 Å². The Bertz CT molecular complexity index is 552. The minimum Gasteiger partial charge on any atom is -0.492 e. The maximum absolute atomic E-state index is 5.92. The number of hydrogen-bond acceptors (Lipinski definition) is 1. The number of para-hydroxylation sites is 1. The highest BCUT2D eigenvalue weighted by Crippen LogP contribution is 2.46. The Morgan fingerprint density at radius 2 is 1.74 bits per heavy atom. The van der Waals surface area contributed by atoms with Gasteiger partial charge >= 0.3 is 0 Å². The SMILES string of the molecule is ClCCCC1(c2ccccc2)COc2ccccc21. The Kier molecular flexibility index (Phi) is 3.48. The first-order chi connectivity index (χ1) is 9.37. The Morgan fingerprint density at radius 1 is 1.00 bits per heavy atom. The zero-order valence-electron chi connectivity index (χ0n) is 10.8. The van der Waals surface area contributed by atoms with E-state index in [0.29, 0.717) is 12.5 Å². The average Bonchev–Trinajstić information content (AvgIpc) is 2.86. The van der Waals surface area contributed by atoms with Gasteiger partial charge in [-0.05, 0) is 24.5 Å². The molecule has 3 rings (SSSR count). The molecular formula is C17H17ClO. The van der Waals surface area contributed by atoms with Gasteiger partial charge in [-0.15, -0.1) is 11.6 Å². The molecule has 98 valence electrons. The summed E-state index contributed by atoms with van der Waals surface area (Å²) in [6, 6.07) is 19.0. The van der Waals surface area contributed by atoms with Gasteiger partial charge in [-0.2, -0.15) is 0 Å². The van der Waals surface area contributed by atoms with E-state index in [9.17, 15) is 0 Å². The summed E-state index contributed by atoms with van der Waals surface area (Å²) < 4.78 is 5.92. The molecule has 1 aliphatic rings. The van der Waals surface area contributed by atoms with Crippen LogP contribution in [0.15, 0.2) is 54.6 Å². The Labute approximate surface area is 119 Å². The molecule has 1 heterocycles. The van der Waals surface area contributed by atoms with Crippen LogP contribution in [-0.4, -0.2) is 12.5 Å². The normalized spacial score (nSPS) is 20.9. The van der Waals surface area contributed by atoms with Crippen molar-refractivity contribution in [3.05, 3.63) is 65.7 Å². The van der Waals surface area contributed by atoms with E-state index in [4.69, 9.17) is 16.3 Å². The van der Waals surface area contributed by atoms with Crippen LogP contribution in [-0.2, 0) is 5.41 Å². The maximum Gasteiger partial charge on any atom is 0.123 e. The summed E-state index contributed by atoms with van der Waals surface area (Å²) in [7, 11) is 0. The third-order valence-electron chi connectivity index (χ3n) is 3.94. The standard InChI is InChI=1S/C17H17ClO/c18-12-6-11-17(14-7-2-1-3-8-14)13-19-16-10-5-4-9-15(16)17/h1-5,7-10H,6,11-13H2. The fourth-order valence-corrected chi connectivity index (χ4v) is 3.12. The molecule has 0 saturated heterocycles. The first-order valence-corrected chi connectivity index (χ1v) is 7.24. The van der Waals surface area contributed by atoms with Crippen LogP contribution in [0.2, 0.25) is 0 Å². The van der Waals surface area contributed by atoms with Gasteiger partial charge in [-0.3, -0.25) is 0 Å². The van der Waals surface area contributed by atoms with Crippen molar-refractivity contribution in [3.63, 3.8) is 0 Å². The van der Waals surface area contributed by atoms with Gasteiger partial charge in [0.1, 0.15) is 12.4 Å². The second-order valence-electron chi connectivity index (χ2n) is 5.03. The number of hydrogen-bond donors (Lipinski definition) is 0. The molecule has 2 aromatic rings. The molecule has 1 unspecified atom stereocenters. The van der Waals surface area contributed by atoms with Crippen LogP contribution < -0.4 is 4.74 Å². The van der Waals surface area contributed by atoms with Crippen LogP contribution in [0.1, 0.15) is 24.0 Å². The third-order valence-corrected chi connectivity index (χ3v) is 4.21. The number of ether oxygens (including phenoxy) is 1. The highest BCUT2D eigenvalue weighted by molar-refractivity contribution is 6.17. The monoisotopic (exact) mass is 272 g/mol. The maximum atomic E-state index is 5.92. The summed E-state index contributed by atoms with van der Waals surface area (Å²) in [5.74, 6) is 1.71. The molecule has 1 aliphatic heterocycles. The first-order valence-electron chi connectivity index (χ1n) is 6.71. The van der Waals surface area contributed by atoms with Crippen molar-refractivity contribution in [1.29, 1.82) is 0 Å². The van der Waals surface area contributed by atoms with Gasteiger partial charge in [0.2, 0.25) is 0 Å². The van der Waals surface area contributed by atoms with Crippen molar-refractivity contribution in [2.45, 2.75) is 18.3 Å². The lowest BCUT2D eigenvalue weighted by molar-refractivity contribution is 0.281. The van der Waals surface area contributed by atoms with E-state index < -0.39 is 0 Å². The highest BCUT2D eigenvalue weighted by atomic mass is 35.5. The molecular weight excluding hydrogens is 256 g/mol. The van der Waals surface area contributed by atoms with E-state index in [1.165, 1.54) is 11.1 Å². The molecule has 0 aliphatic carbocycles. The summed E-state index contributed by atoms with van der Waals surface area (Å²) in [5, 5.41) is 0. The largest absolute Gasteiger partial charge is 0.492 e. The molecule has 0 spiro atoms. The molecule has 0 amide bonds. The second kappa shape index (κ2) is 5.26. The predicted molar refractivity (Wildman–Crippen MR) is 79.1 cm³/mol. The fraction of sp³-hybridized carbons (Fsp3) is 0.294. The number of halogens is 1. The van der Waals surface area contributed by atoms with Gasteiger partial charge in [-0.1, -0.05) is 48.5 Å². The van der Waals surface area contributed by atoms with Crippen molar-refractivity contribution in [2.75, 3.05) is 12.5 Å². The number of fused-ring (bicyclic) bond motifs is 1. The van der Waals surface area contributed by atoms with E-state index in [2.05, 4.69) is 48.5 Å². The van der Waals surface area contributed by atoms with E-state index >= 15 is 0 Å². The first kappa shape index (κ1) is 12.6. The molecule has 0 fully saturated rings. The van der Waals surface area contributed by atoms with Crippen molar-refractivity contribution in [1.82, 2.24) is 0 Å². The van der Waals surface area contributed by atoms with Gasteiger partial charge in [0.25, 0.3) is 0 Å². The van der Waals surface area contributed by atoms with E-state index in [0.717, 1.165) is 18.6 Å². The summed E-state index contributed by atoms with van der Waals surface area (Å²) in [5.41, 5.74) is 2.59. The molecule has 2 heteroatoms. The number of alkyl halides is 1. The van der Waals surface area contributed by atoms with Gasteiger partial charge in [-0.25, -0.2) is 0 Å². The van der Waals surface area contributed by atoms with E-state index in [1.807, 2.05) is 6.07 Å². The lowest BCUT2D eigenvalue weighted by atomic mass is 9.73. The summed E-state index contributed by atoms with van der Waals surface area (Å²) in [6.07, 6.45) is 2.02. The predicted octanol–water partition coefficient (Wildman–Crippen LogP) is 4.38. The second-order valence-corrected chi connectivity index (χ2v) is 5.40. The van der Waals surface area contributed by atoms with Crippen LogP contribution in [0.25, 0.3) is 0 Å². The molecule has 0 radical (unpaired) electrons. The third kappa shape index (κ3) is 2.12. The van der Waals surface area contributed by atoms with E-state index in [-0.39, 0.29) is 5.41 Å². The number of benzene rings is 2. The summed E-state index contributed by atoms with van der Waals surface area (Å²) in [4.78, 5) is 0.